The van der Waals surface area contributed by atoms with Gasteiger partial charge in [-0.1, -0.05) is 57.2 Å². The van der Waals surface area contributed by atoms with Crippen molar-refractivity contribution in [1.29, 1.82) is 0 Å². The number of aryl methyl sites for hydroxylation is 2. The Morgan fingerprint density at radius 2 is 1.51 bits per heavy atom. The first-order valence-electron chi connectivity index (χ1n) is 14.8. The number of carbonyl (C=O) groups is 2. The number of fused-ring (bicyclic) bond motifs is 2. The molecular formula is C34H38N6O3. The van der Waals surface area contributed by atoms with Crippen LogP contribution in [0.2, 0.25) is 0 Å². The Balaban J connectivity index is 1.28. The average molecular weight is 579 g/mol. The monoisotopic (exact) mass is 578 g/mol. The van der Waals surface area contributed by atoms with Crippen molar-refractivity contribution in [2.24, 2.45) is 25.9 Å². The third-order valence-electron chi connectivity index (χ3n) is 8.68. The van der Waals surface area contributed by atoms with Gasteiger partial charge in [-0.05, 0) is 64.8 Å². The van der Waals surface area contributed by atoms with Gasteiger partial charge in [-0.3, -0.25) is 4.79 Å². The van der Waals surface area contributed by atoms with Crippen LogP contribution in [0, 0.1) is 11.8 Å². The van der Waals surface area contributed by atoms with Gasteiger partial charge in [0.25, 0.3) is 0 Å². The molecule has 5 aromatic rings. The highest BCUT2D eigenvalue weighted by atomic mass is 16.5. The zero-order valence-electron chi connectivity index (χ0n) is 25.5. The van der Waals surface area contributed by atoms with Crippen molar-refractivity contribution < 1.29 is 14.3 Å². The highest BCUT2D eigenvalue weighted by molar-refractivity contribution is 5.87. The lowest BCUT2D eigenvalue weighted by Crippen LogP contribution is -2.51. The maximum absolute atomic E-state index is 13.7. The zero-order valence-corrected chi connectivity index (χ0v) is 25.5. The lowest BCUT2D eigenvalue weighted by Gasteiger charge is -2.30. The maximum Gasteiger partial charge on any atom is 0.407 e. The molecule has 0 unspecified atom stereocenters. The van der Waals surface area contributed by atoms with E-state index in [1.54, 1.807) is 0 Å². The second-order valence-corrected chi connectivity index (χ2v) is 12.1. The number of alkyl carbamates (subject to hydrolysis) is 1. The van der Waals surface area contributed by atoms with Crippen molar-refractivity contribution in [3.63, 3.8) is 0 Å². The summed E-state index contributed by atoms with van der Waals surface area (Å²) >= 11 is 0. The van der Waals surface area contributed by atoms with E-state index in [4.69, 9.17) is 9.72 Å². The van der Waals surface area contributed by atoms with Gasteiger partial charge in [0, 0.05) is 20.6 Å². The van der Waals surface area contributed by atoms with E-state index >= 15 is 0 Å². The Morgan fingerprint density at radius 1 is 0.907 bits per heavy atom. The SMILES string of the molecule is COC(=O)N[C@H](C(=O)N1C[C@@H](C)C[C@H]1c1nc2ccc(-c3ccc(-c4ccc5ncn(C)c5c4)cc3)cc2n1C)C(C)C. The van der Waals surface area contributed by atoms with E-state index in [9.17, 15) is 9.59 Å². The smallest absolute Gasteiger partial charge is 0.407 e. The molecule has 2 amide bonds. The number of amides is 2. The zero-order chi connectivity index (χ0) is 30.4. The van der Waals surface area contributed by atoms with Gasteiger partial charge in [0.1, 0.15) is 11.9 Å². The molecule has 1 saturated heterocycles. The van der Waals surface area contributed by atoms with Crippen LogP contribution >= 0.6 is 0 Å². The van der Waals surface area contributed by atoms with Crippen molar-refractivity contribution in [2.45, 2.75) is 39.3 Å². The van der Waals surface area contributed by atoms with Crippen LogP contribution in [0.1, 0.15) is 39.1 Å². The van der Waals surface area contributed by atoms with Crippen molar-refractivity contribution >= 4 is 34.1 Å². The Kier molecular flexibility index (Phi) is 7.42. The first kappa shape index (κ1) is 28.5. The molecule has 0 spiro atoms. The van der Waals surface area contributed by atoms with E-state index in [1.165, 1.54) is 7.11 Å². The van der Waals surface area contributed by atoms with Crippen LogP contribution in [0.3, 0.4) is 0 Å². The Morgan fingerprint density at radius 3 is 2.14 bits per heavy atom. The van der Waals surface area contributed by atoms with Gasteiger partial charge < -0.3 is 24.1 Å². The quantitative estimate of drug-likeness (QED) is 0.263. The van der Waals surface area contributed by atoms with E-state index in [-0.39, 0.29) is 17.9 Å². The fourth-order valence-electron chi connectivity index (χ4n) is 6.26. The number of ether oxygens (including phenoxy) is 1. The molecule has 0 radical (unpaired) electrons. The minimum Gasteiger partial charge on any atom is -0.453 e. The predicted molar refractivity (Wildman–Crippen MR) is 168 cm³/mol. The molecule has 3 atom stereocenters. The molecule has 1 N–H and O–H groups in total. The van der Waals surface area contributed by atoms with Crippen LogP contribution < -0.4 is 5.32 Å². The van der Waals surface area contributed by atoms with E-state index in [0.29, 0.717) is 12.5 Å². The third kappa shape index (κ3) is 5.24. The average Bonchev–Trinajstić information content (AvgIpc) is 3.69. The predicted octanol–water partition coefficient (Wildman–Crippen LogP) is 6.08. The summed E-state index contributed by atoms with van der Waals surface area (Å²) in [7, 11) is 5.34. The van der Waals surface area contributed by atoms with Crippen LogP contribution in [0.4, 0.5) is 4.79 Å². The van der Waals surface area contributed by atoms with Crippen LogP contribution in [-0.2, 0) is 23.6 Å². The number of imidazole rings is 2. The van der Waals surface area contributed by atoms with E-state index in [0.717, 1.165) is 56.6 Å². The number of hydrogen-bond acceptors (Lipinski definition) is 5. The fourth-order valence-corrected chi connectivity index (χ4v) is 6.26. The van der Waals surface area contributed by atoms with E-state index < -0.39 is 12.1 Å². The second-order valence-electron chi connectivity index (χ2n) is 12.1. The highest BCUT2D eigenvalue weighted by Crippen LogP contribution is 2.37. The van der Waals surface area contributed by atoms with Crippen LogP contribution in [0.15, 0.2) is 67.0 Å². The normalized spacial score (nSPS) is 17.6. The fraction of sp³-hybridized carbons (Fsp3) is 0.353. The van der Waals surface area contributed by atoms with Gasteiger partial charge in [0.2, 0.25) is 5.91 Å². The molecule has 0 saturated carbocycles. The lowest BCUT2D eigenvalue weighted by atomic mass is 10.00. The number of nitrogens with zero attached hydrogens (tertiary/aromatic N) is 5. The minimum absolute atomic E-state index is 0.0874. The molecule has 9 heteroatoms. The number of hydrogen-bond donors (Lipinski definition) is 1. The number of aromatic nitrogens is 4. The van der Waals surface area contributed by atoms with Crippen LogP contribution in [0.25, 0.3) is 44.3 Å². The largest absolute Gasteiger partial charge is 0.453 e. The Bertz CT molecular complexity index is 1820. The van der Waals surface area contributed by atoms with Gasteiger partial charge in [0.05, 0.1) is 41.5 Å². The van der Waals surface area contributed by atoms with Crippen molar-refractivity contribution in [3.8, 4) is 22.3 Å². The molecule has 0 bridgehead atoms. The van der Waals surface area contributed by atoms with Gasteiger partial charge in [-0.2, -0.15) is 0 Å². The molecule has 3 heterocycles. The summed E-state index contributed by atoms with van der Waals surface area (Å²) in [6, 6.07) is 20.4. The Labute approximate surface area is 251 Å². The van der Waals surface area contributed by atoms with Crippen LogP contribution in [0.5, 0.6) is 0 Å². The molecule has 6 rings (SSSR count). The van der Waals surface area contributed by atoms with Gasteiger partial charge in [0.15, 0.2) is 0 Å². The minimum atomic E-state index is -0.671. The number of benzene rings is 3. The van der Waals surface area contributed by atoms with Gasteiger partial charge in [-0.15, -0.1) is 0 Å². The number of nitrogens with one attached hydrogen (secondary N) is 1. The van der Waals surface area contributed by atoms with E-state index in [2.05, 4.69) is 82.5 Å². The van der Waals surface area contributed by atoms with E-state index in [1.807, 2.05) is 43.7 Å². The van der Waals surface area contributed by atoms with Crippen molar-refractivity contribution in [3.05, 3.63) is 72.8 Å². The topological polar surface area (TPSA) is 94.3 Å². The molecule has 0 aliphatic carbocycles. The van der Waals surface area contributed by atoms with Gasteiger partial charge in [-0.25, -0.2) is 14.8 Å². The van der Waals surface area contributed by atoms with Crippen LogP contribution in [-0.4, -0.2) is 55.7 Å². The molecule has 3 aromatic carbocycles. The van der Waals surface area contributed by atoms with Gasteiger partial charge >= 0.3 is 6.09 Å². The lowest BCUT2D eigenvalue weighted by molar-refractivity contribution is -0.135. The molecule has 1 aliphatic rings. The van der Waals surface area contributed by atoms with Crippen molar-refractivity contribution in [2.75, 3.05) is 13.7 Å². The summed E-state index contributed by atoms with van der Waals surface area (Å²) in [5.74, 6) is 0.972. The summed E-state index contributed by atoms with van der Waals surface area (Å²) < 4.78 is 8.93. The standard InChI is InChI=1S/C34H38N6O3/c1-20(2)31(37-34(42)43-6)33(41)40-18-21(3)15-30(40)32-36-27-14-12-25(17-29(27)39(32)5)23-9-7-22(8-10-23)24-11-13-26-28(16-24)38(4)19-35-26/h7-14,16-17,19-21,30-31H,15,18H2,1-6H3,(H,37,42)/t21-,30-,31-/m0/s1. The Hall–Kier alpha value is -4.66. The molecular weight excluding hydrogens is 540 g/mol. The van der Waals surface area contributed by atoms with Crippen molar-refractivity contribution in [1.82, 2.24) is 29.3 Å². The molecule has 43 heavy (non-hydrogen) atoms. The first-order chi connectivity index (χ1) is 20.6. The summed E-state index contributed by atoms with van der Waals surface area (Å²) in [6.45, 7) is 6.62. The molecule has 9 nitrogen and oxygen atoms in total. The number of likely N-dealkylation sites (tertiary alicyclic amines) is 1. The summed E-state index contributed by atoms with van der Waals surface area (Å²) in [4.78, 5) is 37.1. The molecule has 1 fully saturated rings. The summed E-state index contributed by atoms with van der Waals surface area (Å²) in [5.41, 5.74) is 8.53. The molecule has 2 aromatic heterocycles. The highest BCUT2D eigenvalue weighted by Gasteiger charge is 2.40. The maximum atomic E-state index is 13.7. The number of carbonyl (C=O) groups excluding carboxylic acids is 2. The second kappa shape index (κ2) is 11.2. The molecule has 1 aliphatic heterocycles. The summed E-state index contributed by atoms with van der Waals surface area (Å²) in [5, 5.41) is 2.74. The number of rotatable bonds is 6. The third-order valence-corrected chi connectivity index (χ3v) is 8.68. The first-order valence-corrected chi connectivity index (χ1v) is 14.8. The summed E-state index contributed by atoms with van der Waals surface area (Å²) in [6.07, 6.45) is 2.05. The molecule has 222 valence electrons. The number of methoxy groups -OCH3 is 1.